The van der Waals surface area contributed by atoms with E-state index in [4.69, 9.17) is 24.1 Å². The minimum Gasteiger partial charge on any atom is -0.388 e. The second-order valence-electron chi connectivity index (χ2n) is 9.08. The smallest absolute Gasteiger partial charge is 0.104 e. The Morgan fingerprint density at radius 1 is 0.522 bits per heavy atom. The van der Waals surface area contributed by atoms with E-state index in [1.807, 2.05) is 27.7 Å². The van der Waals surface area contributed by atoms with Gasteiger partial charge in [0.25, 0.3) is 0 Å². The number of aliphatic hydroxyl groups excluding tert-OH is 1. The molecule has 2 aliphatic heterocycles. The van der Waals surface area contributed by atoms with Crippen molar-refractivity contribution in [3.05, 3.63) is 97.1 Å². The Morgan fingerprint density at radius 3 is 0.870 bits per heavy atom. The second-order valence-corrected chi connectivity index (χ2v) is 9.08. The number of ether oxygens (including phenoxy) is 6. The molecule has 0 spiro atoms. The summed E-state index contributed by atoms with van der Waals surface area (Å²) in [6.45, 7) is 12.0. The molecule has 0 radical (unpaired) electrons. The lowest BCUT2D eigenvalue weighted by Gasteiger charge is -2.05. The highest BCUT2D eigenvalue weighted by Crippen LogP contribution is 2.12. The lowest BCUT2D eigenvalue weighted by molar-refractivity contribution is 0.00980. The van der Waals surface area contributed by atoms with Crippen molar-refractivity contribution in [1.29, 1.82) is 0 Å². The molecule has 6 rings (SSSR count). The summed E-state index contributed by atoms with van der Waals surface area (Å²) in [7, 11) is 6.45. The largest absolute Gasteiger partial charge is 0.388 e. The Morgan fingerprint density at radius 2 is 0.739 bits per heavy atom. The molecule has 2 saturated heterocycles. The predicted octanol–water partition coefficient (Wildman–Crippen LogP) is 8.71. The minimum absolute atomic E-state index is 0. The average Bonchev–Trinajstić information content (AvgIpc) is 4.03. The molecular weight excluding hydrogens is 580 g/mol. The first kappa shape index (κ1) is 47.5. The zero-order chi connectivity index (χ0) is 32.8. The summed E-state index contributed by atoms with van der Waals surface area (Å²) >= 11 is 0. The number of aliphatic hydroxyl groups is 1. The van der Waals surface area contributed by atoms with Crippen LogP contribution in [0.15, 0.2) is 97.1 Å². The van der Waals surface area contributed by atoms with Gasteiger partial charge in [0.05, 0.1) is 39.6 Å². The van der Waals surface area contributed by atoms with E-state index in [9.17, 15) is 0 Å². The van der Waals surface area contributed by atoms with Crippen LogP contribution in [0.4, 0.5) is 0 Å². The molecule has 0 aliphatic carbocycles. The predicted molar refractivity (Wildman–Crippen MR) is 197 cm³/mol. The zero-order valence-electron chi connectivity index (χ0n) is 28.1. The lowest BCUT2D eigenvalue weighted by Crippen LogP contribution is -2.19. The highest BCUT2D eigenvalue weighted by atomic mass is 16.6. The second kappa shape index (κ2) is 33.5. The van der Waals surface area contributed by atoms with Crippen molar-refractivity contribution in [3.8, 4) is 0 Å². The Kier molecular flexibility index (Phi) is 34.6. The molecule has 7 heteroatoms. The molecule has 0 aromatic heterocycles. The molecule has 2 aliphatic rings. The standard InChI is InChI=1S/2C10H8.C5H12O3.2C4H8O2.2C2H6.2CH4/c2*1-2-6-10-8-4-3-7-9(10)5-1;1-7-3-5(6)4-8-2;2*1-5-2-4-3-6-4;2*1-2;;/h2*1-8H;5-6H,3-4H2,1-2H3;2*4H,2-3H2,1H3;2*1-2H3;2*1H4. The van der Waals surface area contributed by atoms with Gasteiger partial charge in [-0.05, 0) is 21.5 Å². The first-order chi connectivity index (χ1) is 21.6. The maximum atomic E-state index is 8.80. The van der Waals surface area contributed by atoms with Crippen molar-refractivity contribution in [3.63, 3.8) is 0 Å². The van der Waals surface area contributed by atoms with Crippen molar-refractivity contribution in [2.75, 3.05) is 68.1 Å². The van der Waals surface area contributed by atoms with E-state index in [1.54, 1.807) is 28.4 Å². The third-order valence-corrected chi connectivity index (χ3v) is 5.55. The van der Waals surface area contributed by atoms with Gasteiger partial charge in [-0.2, -0.15) is 0 Å². The van der Waals surface area contributed by atoms with Crippen LogP contribution in [-0.2, 0) is 28.4 Å². The summed E-state index contributed by atoms with van der Waals surface area (Å²) in [4.78, 5) is 0. The van der Waals surface area contributed by atoms with E-state index >= 15 is 0 Å². The number of hydrogen-bond donors (Lipinski definition) is 1. The van der Waals surface area contributed by atoms with Crippen molar-refractivity contribution < 1.29 is 33.5 Å². The third kappa shape index (κ3) is 25.3. The topological polar surface area (TPSA) is 82.2 Å². The van der Waals surface area contributed by atoms with Crippen LogP contribution in [0, 0.1) is 0 Å². The van der Waals surface area contributed by atoms with E-state index in [-0.39, 0.29) is 14.9 Å². The zero-order valence-corrected chi connectivity index (χ0v) is 28.1. The van der Waals surface area contributed by atoms with Crippen LogP contribution in [0.25, 0.3) is 21.5 Å². The van der Waals surface area contributed by atoms with Crippen LogP contribution in [0.5, 0.6) is 0 Å². The molecule has 46 heavy (non-hydrogen) atoms. The van der Waals surface area contributed by atoms with Crippen LogP contribution in [0.1, 0.15) is 42.5 Å². The molecule has 1 N–H and O–H groups in total. The normalized spacial score (nSPS) is 14.4. The minimum atomic E-state index is -0.481. The van der Waals surface area contributed by atoms with Gasteiger partial charge in [-0.3, -0.25) is 0 Å². The van der Waals surface area contributed by atoms with Crippen molar-refractivity contribution >= 4 is 21.5 Å². The van der Waals surface area contributed by atoms with E-state index in [0.717, 1.165) is 26.4 Å². The third-order valence-electron chi connectivity index (χ3n) is 5.55. The van der Waals surface area contributed by atoms with Crippen molar-refractivity contribution in [2.45, 2.75) is 60.9 Å². The summed E-state index contributed by atoms with van der Waals surface area (Å²) in [5, 5.41) is 14.0. The van der Waals surface area contributed by atoms with Crippen LogP contribution in [0.2, 0.25) is 0 Å². The monoisotopic (exact) mass is 644 g/mol. The van der Waals surface area contributed by atoms with Crippen molar-refractivity contribution in [2.24, 2.45) is 0 Å². The molecule has 4 aromatic rings. The number of rotatable bonds is 8. The average molecular weight is 645 g/mol. The molecule has 0 bridgehead atoms. The summed E-state index contributed by atoms with van der Waals surface area (Å²) < 4.78 is 28.4. The van der Waals surface area contributed by atoms with Gasteiger partial charge >= 0.3 is 0 Å². The fourth-order valence-corrected chi connectivity index (χ4v) is 3.40. The molecule has 2 fully saturated rings. The van der Waals surface area contributed by atoms with Crippen LogP contribution in [-0.4, -0.2) is 91.5 Å². The van der Waals surface area contributed by atoms with E-state index in [2.05, 4.69) is 107 Å². The molecule has 2 atom stereocenters. The highest BCUT2D eigenvalue weighted by Gasteiger charge is 2.21. The molecule has 0 saturated carbocycles. The Hall–Kier alpha value is -2.88. The molecular formula is C39H64O7. The summed E-state index contributed by atoms with van der Waals surface area (Å²) in [6.07, 6.45) is 0.370. The summed E-state index contributed by atoms with van der Waals surface area (Å²) in [6, 6.07) is 33.4. The fraction of sp³-hybridized carbons (Fsp3) is 0.487. The molecule has 2 heterocycles. The van der Waals surface area contributed by atoms with Crippen LogP contribution < -0.4 is 0 Å². The van der Waals surface area contributed by atoms with Crippen molar-refractivity contribution in [1.82, 2.24) is 0 Å². The fourth-order valence-electron chi connectivity index (χ4n) is 3.40. The first-order valence-electron chi connectivity index (χ1n) is 15.4. The number of benzene rings is 4. The Labute approximate surface area is 280 Å². The molecule has 4 aromatic carbocycles. The van der Waals surface area contributed by atoms with E-state index < -0.39 is 6.10 Å². The van der Waals surface area contributed by atoms with Gasteiger partial charge in [0.15, 0.2) is 0 Å². The molecule has 7 nitrogen and oxygen atoms in total. The first-order valence-corrected chi connectivity index (χ1v) is 15.4. The van der Waals surface area contributed by atoms with Gasteiger partial charge in [-0.15, -0.1) is 0 Å². The number of hydrogen-bond acceptors (Lipinski definition) is 7. The molecule has 0 amide bonds. The molecule has 262 valence electrons. The van der Waals surface area contributed by atoms with Gasteiger partial charge in [0.2, 0.25) is 0 Å². The van der Waals surface area contributed by atoms with Gasteiger partial charge in [-0.25, -0.2) is 0 Å². The van der Waals surface area contributed by atoms with Gasteiger partial charge in [-0.1, -0.05) is 140 Å². The van der Waals surface area contributed by atoms with Gasteiger partial charge in [0, 0.05) is 28.4 Å². The number of methoxy groups -OCH3 is 4. The lowest BCUT2D eigenvalue weighted by atomic mass is 10.1. The quantitative estimate of drug-likeness (QED) is 0.192. The maximum Gasteiger partial charge on any atom is 0.104 e. The van der Waals surface area contributed by atoms with E-state index in [1.165, 1.54) is 21.5 Å². The Balaban J connectivity index is -0.000000491. The highest BCUT2D eigenvalue weighted by molar-refractivity contribution is 5.82. The SMILES string of the molecule is C.C.CC.CC.COCC(O)COC.COCC1CO1.COCC1CO1.c1ccc2ccccc2c1.c1ccc2ccccc2c1. The Bertz CT molecular complexity index is 941. The summed E-state index contributed by atoms with van der Waals surface area (Å²) in [5.41, 5.74) is 0. The van der Waals surface area contributed by atoms with Gasteiger partial charge < -0.3 is 33.5 Å². The maximum absolute atomic E-state index is 8.80. The number of fused-ring (bicyclic) bond motifs is 2. The summed E-state index contributed by atoms with van der Waals surface area (Å²) in [5.74, 6) is 0. The van der Waals surface area contributed by atoms with E-state index in [0.29, 0.717) is 25.4 Å². The van der Waals surface area contributed by atoms with Gasteiger partial charge in [0.1, 0.15) is 18.3 Å². The van der Waals surface area contributed by atoms with Crippen LogP contribution >= 0.6 is 0 Å². The van der Waals surface area contributed by atoms with Crippen LogP contribution in [0.3, 0.4) is 0 Å². The number of epoxide rings is 2. The molecule has 2 unspecified atom stereocenters.